The minimum Gasteiger partial charge on any atom is -0.334 e. The van der Waals surface area contributed by atoms with Crippen LogP contribution in [-0.2, 0) is 25.9 Å². The van der Waals surface area contributed by atoms with Crippen LogP contribution < -0.4 is 5.56 Å². The van der Waals surface area contributed by atoms with Crippen LogP contribution in [0.5, 0.6) is 0 Å². The molecule has 5 rings (SSSR count). The van der Waals surface area contributed by atoms with Gasteiger partial charge in [-0.2, -0.15) is 0 Å². The molecule has 0 aliphatic carbocycles. The minimum atomic E-state index is -0.0777. The highest BCUT2D eigenvalue weighted by Crippen LogP contribution is 2.36. The number of likely N-dealkylation sites (tertiary alicyclic amines) is 1. The summed E-state index contributed by atoms with van der Waals surface area (Å²) in [6, 6.07) is 12.7. The number of thiophene rings is 1. The molecule has 1 N–H and O–H groups in total. The fourth-order valence-corrected chi connectivity index (χ4v) is 7.30. The van der Waals surface area contributed by atoms with Crippen molar-refractivity contribution in [2.24, 2.45) is 5.92 Å². The molecule has 3 aromatic rings. The number of H-pyrrole nitrogens is 1. The zero-order valence-corrected chi connectivity index (χ0v) is 22.5. The zero-order valence-electron chi connectivity index (χ0n) is 21.7. The molecule has 1 fully saturated rings. The molecule has 1 amide bonds. The van der Waals surface area contributed by atoms with E-state index in [4.69, 9.17) is 0 Å². The van der Waals surface area contributed by atoms with E-state index in [-0.39, 0.29) is 11.5 Å². The Labute approximate surface area is 218 Å². The van der Waals surface area contributed by atoms with Crippen LogP contribution in [0.1, 0.15) is 67.3 Å². The highest BCUT2D eigenvalue weighted by atomic mass is 32.1. The van der Waals surface area contributed by atoms with Gasteiger partial charge in [-0.05, 0) is 94.6 Å². The zero-order chi connectivity index (χ0) is 25.2. The molecule has 0 saturated carbocycles. The molecular weight excluding hydrogens is 466 g/mol. The van der Waals surface area contributed by atoms with Crippen molar-refractivity contribution in [3.05, 3.63) is 90.0 Å². The number of carbonyl (C=O) groups excluding carboxylic acids is 1. The average Bonchev–Trinajstić information content (AvgIpc) is 3.06. The lowest BCUT2D eigenvalue weighted by molar-refractivity contribution is 0.0747. The summed E-state index contributed by atoms with van der Waals surface area (Å²) in [5.41, 5.74) is 5.91. The van der Waals surface area contributed by atoms with Crippen molar-refractivity contribution in [1.29, 1.82) is 0 Å². The highest BCUT2D eigenvalue weighted by Gasteiger charge is 2.30. The van der Waals surface area contributed by atoms with Crippen molar-refractivity contribution in [1.82, 2.24) is 14.8 Å². The van der Waals surface area contributed by atoms with Gasteiger partial charge in [0.05, 0.1) is 12.1 Å². The Hall–Kier alpha value is -2.70. The van der Waals surface area contributed by atoms with Gasteiger partial charge in [-0.15, -0.1) is 11.3 Å². The van der Waals surface area contributed by atoms with Crippen LogP contribution in [0.4, 0.5) is 0 Å². The normalized spacial score (nSPS) is 17.3. The van der Waals surface area contributed by atoms with E-state index < -0.39 is 0 Å². The molecule has 1 saturated heterocycles. The van der Waals surface area contributed by atoms with Gasteiger partial charge in [0.1, 0.15) is 0 Å². The fourth-order valence-electron chi connectivity index (χ4n) is 5.84. The molecule has 2 aliphatic rings. The molecule has 0 unspecified atom stereocenters. The van der Waals surface area contributed by atoms with Crippen molar-refractivity contribution < 1.29 is 4.79 Å². The molecule has 0 spiro atoms. The second-order valence-corrected chi connectivity index (χ2v) is 11.8. The summed E-state index contributed by atoms with van der Waals surface area (Å²) in [5, 5.41) is 0. The number of rotatable bonds is 6. The predicted octanol–water partition coefficient (Wildman–Crippen LogP) is 5.40. The van der Waals surface area contributed by atoms with Gasteiger partial charge >= 0.3 is 0 Å². The lowest BCUT2D eigenvalue weighted by atomic mass is 9.91. The molecule has 36 heavy (non-hydrogen) atoms. The topological polar surface area (TPSA) is 56.4 Å². The van der Waals surface area contributed by atoms with Gasteiger partial charge < -0.3 is 9.88 Å². The van der Waals surface area contributed by atoms with Gasteiger partial charge in [0.25, 0.3) is 11.5 Å². The summed E-state index contributed by atoms with van der Waals surface area (Å²) in [7, 11) is 0. The maximum Gasteiger partial charge on any atom is 0.255 e. The van der Waals surface area contributed by atoms with Crippen molar-refractivity contribution >= 4 is 17.2 Å². The Morgan fingerprint density at radius 3 is 2.47 bits per heavy atom. The maximum absolute atomic E-state index is 13.7. The number of nitrogens with zero attached hydrogens (tertiary/aromatic N) is 2. The van der Waals surface area contributed by atoms with Crippen molar-refractivity contribution in [2.75, 3.05) is 19.6 Å². The summed E-state index contributed by atoms with van der Waals surface area (Å²) < 4.78 is 0. The summed E-state index contributed by atoms with van der Waals surface area (Å²) in [6.45, 7) is 10.4. The van der Waals surface area contributed by atoms with E-state index in [1.165, 1.54) is 33.7 Å². The van der Waals surface area contributed by atoms with E-state index in [1.54, 1.807) is 0 Å². The smallest absolute Gasteiger partial charge is 0.255 e. The second kappa shape index (κ2) is 10.7. The highest BCUT2D eigenvalue weighted by molar-refractivity contribution is 7.12. The molecule has 1 aromatic carbocycles. The first-order valence-corrected chi connectivity index (χ1v) is 14.1. The van der Waals surface area contributed by atoms with Crippen LogP contribution in [0.15, 0.2) is 41.2 Å². The summed E-state index contributed by atoms with van der Waals surface area (Å²) in [4.78, 5) is 36.3. The molecule has 0 radical (unpaired) electrons. The van der Waals surface area contributed by atoms with Crippen molar-refractivity contribution in [3.8, 4) is 0 Å². The van der Waals surface area contributed by atoms with Crippen LogP contribution >= 0.6 is 11.3 Å². The largest absolute Gasteiger partial charge is 0.334 e. The number of hydrogen-bond acceptors (Lipinski definition) is 4. The Kier molecular flexibility index (Phi) is 7.44. The second-order valence-electron chi connectivity index (χ2n) is 10.6. The van der Waals surface area contributed by atoms with Gasteiger partial charge in [0, 0.05) is 34.1 Å². The molecule has 5 nitrogen and oxygen atoms in total. The Bertz CT molecular complexity index is 1290. The number of carbonyl (C=O) groups is 1. The third-order valence-electron chi connectivity index (χ3n) is 7.92. The van der Waals surface area contributed by atoms with Crippen LogP contribution in [0.25, 0.3) is 0 Å². The van der Waals surface area contributed by atoms with E-state index in [1.807, 2.05) is 36.2 Å². The predicted molar refractivity (Wildman–Crippen MR) is 147 cm³/mol. The van der Waals surface area contributed by atoms with E-state index in [0.29, 0.717) is 24.6 Å². The summed E-state index contributed by atoms with van der Waals surface area (Å²) >= 11 is 1.86. The standard InChI is InChI=1S/C30H37N3O2S/c1-20-16-21(2)31-29(34)25(20)19-33-13-7-10-26-28(30(33)35)22(3)27(36-26)17-23-11-14-32(15-12-23)18-24-8-5-4-6-9-24/h4-6,8-9,16,23H,7,10-15,17-19H2,1-3H3,(H,31,34). The van der Waals surface area contributed by atoms with Gasteiger partial charge in [-0.25, -0.2) is 0 Å². The van der Waals surface area contributed by atoms with E-state index in [9.17, 15) is 9.59 Å². The lowest BCUT2D eigenvalue weighted by Gasteiger charge is -2.32. The molecule has 0 atom stereocenters. The molecule has 2 aliphatic heterocycles. The fraction of sp³-hybridized carbons (Fsp3) is 0.467. The number of nitrogens with one attached hydrogen (secondary N) is 1. The monoisotopic (exact) mass is 503 g/mol. The first kappa shape index (κ1) is 25.0. The van der Waals surface area contributed by atoms with Crippen LogP contribution in [-0.4, -0.2) is 40.3 Å². The van der Waals surface area contributed by atoms with Crippen molar-refractivity contribution in [3.63, 3.8) is 0 Å². The first-order chi connectivity index (χ1) is 17.4. The van der Waals surface area contributed by atoms with Gasteiger partial charge in [-0.3, -0.25) is 14.5 Å². The molecule has 190 valence electrons. The number of aromatic nitrogens is 1. The molecule has 6 heteroatoms. The Balaban J connectivity index is 1.26. The SMILES string of the molecule is Cc1cc(C)c(CN2CCCc3sc(CC4CCN(Cc5ccccc5)CC4)c(C)c3C2=O)c(=O)[nH]1. The third-order valence-corrected chi connectivity index (χ3v) is 9.30. The summed E-state index contributed by atoms with van der Waals surface area (Å²) in [5.74, 6) is 0.776. The number of aromatic amines is 1. The number of piperidine rings is 1. The van der Waals surface area contributed by atoms with Crippen LogP contribution in [0.3, 0.4) is 0 Å². The van der Waals surface area contributed by atoms with Gasteiger partial charge in [0.15, 0.2) is 0 Å². The molecule has 4 heterocycles. The summed E-state index contributed by atoms with van der Waals surface area (Å²) in [6.07, 6.45) is 5.39. The minimum absolute atomic E-state index is 0.0777. The van der Waals surface area contributed by atoms with Gasteiger partial charge in [0.2, 0.25) is 0 Å². The van der Waals surface area contributed by atoms with E-state index in [0.717, 1.165) is 55.7 Å². The number of aryl methyl sites for hydroxylation is 3. The van der Waals surface area contributed by atoms with Crippen LogP contribution in [0.2, 0.25) is 0 Å². The molecular formula is C30H37N3O2S. The lowest BCUT2D eigenvalue weighted by Crippen LogP contribution is -2.34. The third kappa shape index (κ3) is 5.35. The van der Waals surface area contributed by atoms with Crippen LogP contribution in [0, 0.1) is 26.7 Å². The first-order valence-electron chi connectivity index (χ1n) is 13.2. The van der Waals surface area contributed by atoms with Crippen molar-refractivity contribution in [2.45, 2.75) is 66.0 Å². The number of pyridine rings is 1. The molecule has 0 bridgehead atoms. The average molecular weight is 504 g/mol. The number of benzene rings is 1. The van der Waals surface area contributed by atoms with E-state index >= 15 is 0 Å². The van der Waals surface area contributed by atoms with E-state index in [2.05, 4.69) is 47.1 Å². The maximum atomic E-state index is 13.7. The number of fused-ring (bicyclic) bond motifs is 1. The quantitative estimate of drug-likeness (QED) is 0.490. The number of amides is 1. The molecule has 2 aromatic heterocycles. The number of hydrogen-bond donors (Lipinski definition) is 1. The Morgan fingerprint density at radius 1 is 1.00 bits per heavy atom. The Morgan fingerprint density at radius 2 is 1.75 bits per heavy atom. The van der Waals surface area contributed by atoms with Gasteiger partial charge in [-0.1, -0.05) is 30.3 Å².